The molecule has 0 aliphatic rings. The van der Waals surface area contributed by atoms with E-state index in [9.17, 15) is 4.79 Å². The lowest BCUT2D eigenvalue weighted by atomic mass is 10.2. The molecule has 0 aliphatic heterocycles. The molecule has 1 aromatic carbocycles. The van der Waals surface area contributed by atoms with Crippen molar-refractivity contribution in [1.29, 1.82) is 0 Å². The molecular formula is C19H18Cl2N4O2. The molecule has 0 bridgehead atoms. The number of esters is 1. The van der Waals surface area contributed by atoms with E-state index >= 15 is 0 Å². The summed E-state index contributed by atoms with van der Waals surface area (Å²) in [7, 11) is 0. The van der Waals surface area contributed by atoms with Crippen molar-refractivity contribution in [1.82, 2.24) is 20.0 Å². The van der Waals surface area contributed by atoms with Crippen LogP contribution in [0.15, 0.2) is 36.5 Å². The van der Waals surface area contributed by atoms with Gasteiger partial charge in [0.2, 0.25) is 0 Å². The molecule has 8 heteroatoms. The van der Waals surface area contributed by atoms with Gasteiger partial charge in [-0.15, -0.1) is 5.10 Å². The summed E-state index contributed by atoms with van der Waals surface area (Å²) in [5.74, 6) is -0.527. The molecule has 0 amide bonds. The zero-order chi connectivity index (χ0) is 19.4. The Labute approximate surface area is 167 Å². The van der Waals surface area contributed by atoms with Crippen LogP contribution < -0.4 is 0 Å². The number of benzene rings is 1. The molecule has 0 radical (unpaired) electrons. The minimum absolute atomic E-state index is 0.0877. The Morgan fingerprint density at radius 1 is 1.26 bits per heavy atom. The van der Waals surface area contributed by atoms with Crippen LogP contribution in [0.4, 0.5) is 0 Å². The Morgan fingerprint density at radius 2 is 2.07 bits per heavy atom. The maximum atomic E-state index is 12.6. The van der Waals surface area contributed by atoms with Crippen molar-refractivity contribution in [3.63, 3.8) is 0 Å². The molecule has 0 unspecified atom stereocenters. The van der Waals surface area contributed by atoms with Crippen LogP contribution in [0, 0.1) is 6.92 Å². The van der Waals surface area contributed by atoms with E-state index in [-0.39, 0.29) is 12.3 Å². The summed E-state index contributed by atoms with van der Waals surface area (Å²) < 4.78 is 7.06. The van der Waals surface area contributed by atoms with E-state index < -0.39 is 5.97 Å². The van der Waals surface area contributed by atoms with E-state index in [1.54, 1.807) is 29.1 Å². The van der Waals surface area contributed by atoms with Crippen LogP contribution in [-0.2, 0) is 17.8 Å². The van der Waals surface area contributed by atoms with Crippen LogP contribution in [0.5, 0.6) is 0 Å². The quantitative estimate of drug-likeness (QED) is 0.443. The first kappa shape index (κ1) is 19.3. The molecule has 3 aromatic rings. The largest absolute Gasteiger partial charge is 0.456 e. The maximum absolute atomic E-state index is 12.6. The van der Waals surface area contributed by atoms with Crippen molar-refractivity contribution in [2.75, 3.05) is 0 Å². The molecule has 6 nitrogen and oxygen atoms in total. The SMILES string of the molecule is CCCc1c(C(=O)OCc2cnc(Cl)cc2C)nnn1-c1cccc(Cl)c1. The van der Waals surface area contributed by atoms with E-state index in [1.807, 2.05) is 26.0 Å². The summed E-state index contributed by atoms with van der Waals surface area (Å²) in [6.45, 7) is 3.99. The predicted octanol–water partition coefficient (Wildman–Crippen LogP) is 4.59. The van der Waals surface area contributed by atoms with Crippen LogP contribution >= 0.6 is 23.2 Å². The van der Waals surface area contributed by atoms with Gasteiger partial charge in [0, 0.05) is 16.8 Å². The molecule has 140 valence electrons. The highest BCUT2D eigenvalue weighted by Crippen LogP contribution is 2.20. The number of hydrogen-bond acceptors (Lipinski definition) is 5. The number of carbonyl (C=O) groups excluding carboxylic acids is 1. The maximum Gasteiger partial charge on any atom is 0.361 e. The van der Waals surface area contributed by atoms with Crippen molar-refractivity contribution in [3.05, 3.63) is 69.2 Å². The Kier molecular flexibility index (Phi) is 6.08. The Bertz CT molecular complexity index is 972. The first-order valence-corrected chi connectivity index (χ1v) is 9.24. The molecule has 0 fully saturated rings. The summed E-state index contributed by atoms with van der Waals surface area (Å²) >= 11 is 11.9. The lowest BCUT2D eigenvalue weighted by molar-refractivity contribution is 0.0463. The topological polar surface area (TPSA) is 69.9 Å². The molecule has 0 saturated heterocycles. The number of aromatic nitrogens is 4. The highest BCUT2D eigenvalue weighted by atomic mass is 35.5. The second-order valence-electron chi connectivity index (χ2n) is 6.04. The highest BCUT2D eigenvalue weighted by Gasteiger charge is 2.21. The monoisotopic (exact) mass is 404 g/mol. The van der Waals surface area contributed by atoms with Crippen LogP contribution in [0.25, 0.3) is 5.69 Å². The normalized spacial score (nSPS) is 10.8. The summed E-state index contributed by atoms with van der Waals surface area (Å²) in [5.41, 5.74) is 3.33. The smallest absolute Gasteiger partial charge is 0.361 e. The second kappa shape index (κ2) is 8.50. The highest BCUT2D eigenvalue weighted by molar-refractivity contribution is 6.30. The van der Waals surface area contributed by atoms with Crippen LogP contribution in [-0.4, -0.2) is 25.9 Å². The van der Waals surface area contributed by atoms with Gasteiger partial charge in [0.15, 0.2) is 5.69 Å². The van der Waals surface area contributed by atoms with Gasteiger partial charge in [-0.25, -0.2) is 14.5 Å². The Balaban J connectivity index is 1.84. The average molecular weight is 405 g/mol. The van der Waals surface area contributed by atoms with E-state index in [4.69, 9.17) is 27.9 Å². The molecular weight excluding hydrogens is 387 g/mol. The van der Waals surface area contributed by atoms with Gasteiger partial charge in [-0.1, -0.05) is 47.8 Å². The Morgan fingerprint density at radius 3 is 2.78 bits per heavy atom. The molecule has 2 heterocycles. The number of nitrogens with zero attached hydrogens (tertiary/aromatic N) is 4. The predicted molar refractivity (Wildman–Crippen MR) is 103 cm³/mol. The molecule has 2 aromatic heterocycles. The van der Waals surface area contributed by atoms with Crippen LogP contribution in [0.2, 0.25) is 10.2 Å². The summed E-state index contributed by atoms with van der Waals surface area (Å²) in [6, 6.07) is 8.95. The number of pyridine rings is 1. The summed E-state index contributed by atoms with van der Waals surface area (Å²) in [4.78, 5) is 16.6. The number of halogens is 2. The third-order valence-corrected chi connectivity index (χ3v) is 4.48. The van der Waals surface area contributed by atoms with Gasteiger partial charge in [0.25, 0.3) is 0 Å². The van der Waals surface area contributed by atoms with E-state index in [0.29, 0.717) is 22.3 Å². The Hall–Kier alpha value is -2.44. The number of carbonyl (C=O) groups is 1. The van der Waals surface area contributed by atoms with Crippen molar-refractivity contribution >= 4 is 29.2 Å². The van der Waals surface area contributed by atoms with Crippen LogP contribution in [0.1, 0.15) is 40.7 Å². The van der Waals surface area contributed by atoms with Gasteiger partial charge in [-0.3, -0.25) is 0 Å². The van der Waals surface area contributed by atoms with Crippen molar-refractivity contribution < 1.29 is 9.53 Å². The van der Waals surface area contributed by atoms with Gasteiger partial charge in [0.05, 0.1) is 11.4 Å². The fourth-order valence-electron chi connectivity index (χ4n) is 2.65. The van der Waals surface area contributed by atoms with Gasteiger partial charge in [0.1, 0.15) is 11.8 Å². The van der Waals surface area contributed by atoms with Crippen molar-refractivity contribution in [3.8, 4) is 5.69 Å². The second-order valence-corrected chi connectivity index (χ2v) is 6.86. The van der Waals surface area contributed by atoms with Gasteiger partial charge >= 0.3 is 5.97 Å². The fourth-order valence-corrected chi connectivity index (χ4v) is 3.05. The van der Waals surface area contributed by atoms with Crippen molar-refractivity contribution in [2.24, 2.45) is 0 Å². The average Bonchev–Trinajstić information content (AvgIpc) is 3.05. The van der Waals surface area contributed by atoms with E-state index in [0.717, 1.165) is 23.2 Å². The van der Waals surface area contributed by atoms with Gasteiger partial charge < -0.3 is 4.74 Å². The number of hydrogen-bond donors (Lipinski definition) is 0. The first-order chi connectivity index (χ1) is 13.0. The van der Waals surface area contributed by atoms with Gasteiger partial charge in [-0.05, 0) is 43.2 Å². The summed E-state index contributed by atoms with van der Waals surface area (Å²) in [5, 5.41) is 9.16. The molecule has 0 spiro atoms. The molecule has 0 atom stereocenters. The minimum atomic E-state index is -0.527. The molecule has 0 N–H and O–H groups in total. The third kappa shape index (κ3) is 4.46. The summed E-state index contributed by atoms with van der Waals surface area (Å²) in [6.07, 6.45) is 3.06. The molecule has 0 saturated carbocycles. The number of aryl methyl sites for hydroxylation is 1. The standard InChI is InChI=1S/C19H18Cl2N4O2/c1-3-5-16-18(23-24-25(16)15-7-4-6-14(20)9-15)19(26)27-11-13-10-22-17(21)8-12(13)2/h4,6-10H,3,5,11H2,1-2H3. The molecule has 27 heavy (non-hydrogen) atoms. The molecule has 0 aliphatic carbocycles. The van der Waals surface area contributed by atoms with E-state index in [1.165, 1.54) is 0 Å². The zero-order valence-electron chi connectivity index (χ0n) is 14.9. The lowest BCUT2D eigenvalue weighted by Crippen LogP contribution is -2.11. The number of ether oxygens (including phenoxy) is 1. The van der Waals surface area contributed by atoms with Crippen molar-refractivity contribution in [2.45, 2.75) is 33.3 Å². The fraction of sp³-hybridized carbons (Fsp3) is 0.263. The minimum Gasteiger partial charge on any atom is -0.456 e. The van der Waals surface area contributed by atoms with Gasteiger partial charge in [-0.2, -0.15) is 0 Å². The third-order valence-electron chi connectivity index (χ3n) is 4.04. The van der Waals surface area contributed by atoms with E-state index in [2.05, 4.69) is 15.3 Å². The zero-order valence-corrected chi connectivity index (χ0v) is 16.5. The molecule has 3 rings (SSSR count). The lowest BCUT2D eigenvalue weighted by Gasteiger charge is -2.09. The first-order valence-electron chi connectivity index (χ1n) is 8.48. The number of rotatable bonds is 6. The van der Waals surface area contributed by atoms with Crippen LogP contribution in [0.3, 0.4) is 0 Å².